The normalized spacial score (nSPS) is 16.4. The minimum absolute atomic E-state index is 0. The maximum absolute atomic E-state index is 6.12. The first-order valence-corrected chi connectivity index (χ1v) is 10.4. The number of halogens is 1. The summed E-state index contributed by atoms with van der Waals surface area (Å²) in [6, 6.07) is 19.5. The Labute approximate surface area is 176 Å². The van der Waals surface area contributed by atoms with E-state index in [-0.39, 0.29) is 7.43 Å². The number of unbranched alkanes of at least 4 members (excludes halogenated alkanes) is 1. The van der Waals surface area contributed by atoms with Gasteiger partial charge in [-0.3, -0.25) is 4.90 Å². The fourth-order valence-electron chi connectivity index (χ4n) is 3.90. The zero-order valence-electron chi connectivity index (χ0n) is 16.4. The summed E-state index contributed by atoms with van der Waals surface area (Å²) in [5.74, 6) is 0. The Hall–Kier alpha value is -1.61. The molecule has 1 unspecified atom stereocenters. The van der Waals surface area contributed by atoms with Crippen molar-refractivity contribution in [3.63, 3.8) is 0 Å². The molecule has 1 saturated heterocycles. The molecule has 1 aliphatic heterocycles. The third-order valence-electron chi connectivity index (χ3n) is 5.40. The Morgan fingerprint density at radius 1 is 0.929 bits per heavy atom. The highest BCUT2D eigenvalue weighted by molar-refractivity contribution is 6.30. The van der Waals surface area contributed by atoms with E-state index >= 15 is 0 Å². The van der Waals surface area contributed by atoms with Crippen molar-refractivity contribution in [3.8, 4) is 0 Å². The number of hydrogen-bond donors (Lipinski definition) is 0. The lowest BCUT2D eigenvalue weighted by Crippen LogP contribution is -2.48. The quantitative estimate of drug-likeness (QED) is 0.373. The number of rotatable bonds is 8. The third kappa shape index (κ3) is 6.48. The molecule has 1 aliphatic rings. The van der Waals surface area contributed by atoms with Crippen molar-refractivity contribution in [1.29, 1.82) is 0 Å². The summed E-state index contributed by atoms with van der Waals surface area (Å²) in [6.07, 6.45) is 3.69. The van der Waals surface area contributed by atoms with Crippen LogP contribution in [0.25, 0.3) is 0 Å². The number of nitrogens with zero attached hydrogens (tertiary/aromatic N) is 2. The minimum atomic E-state index is 0. The van der Waals surface area contributed by atoms with Crippen molar-refractivity contribution in [2.45, 2.75) is 39.7 Å². The molecule has 0 spiro atoms. The van der Waals surface area contributed by atoms with Crippen LogP contribution in [0.15, 0.2) is 66.7 Å². The van der Waals surface area contributed by atoms with Gasteiger partial charge in [-0.15, -0.1) is 6.58 Å². The fourth-order valence-corrected chi connectivity index (χ4v) is 4.03. The van der Waals surface area contributed by atoms with E-state index in [1.807, 2.05) is 12.1 Å². The van der Waals surface area contributed by atoms with Crippen LogP contribution in [0.4, 0.5) is 0 Å². The second-order valence-corrected chi connectivity index (χ2v) is 8.09. The number of piperazine rings is 1. The van der Waals surface area contributed by atoms with E-state index in [0.717, 1.165) is 37.6 Å². The van der Waals surface area contributed by atoms with Crippen LogP contribution in [0.2, 0.25) is 5.02 Å². The van der Waals surface area contributed by atoms with E-state index in [0.29, 0.717) is 6.04 Å². The highest BCUT2D eigenvalue weighted by atomic mass is 35.5. The minimum Gasteiger partial charge on any atom is -0.301 e. The van der Waals surface area contributed by atoms with Gasteiger partial charge >= 0.3 is 0 Å². The van der Waals surface area contributed by atoms with E-state index in [2.05, 4.69) is 65.8 Å². The van der Waals surface area contributed by atoms with Crippen molar-refractivity contribution in [1.82, 2.24) is 9.80 Å². The number of hydrogen-bond acceptors (Lipinski definition) is 2. The first-order chi connectivity index (χ1) is 13.1. The Morgan fingerprint density at radius 2 is 1.54 bits per heavy atom. The molecule has 2 aromatic carbocycles. The molecular formula is C25H35ClN2. The summed E-state index contributed by atoms with van der Waals surface area (Å²) in [7, 11) is 0. The van der Waals surface area contributed by atoms with Gasteiger partial charge in [0.05, 0.1) is 6.04 Å². The lowest BCUT2D eigenvalue weighted by atomic mass is 9.96. The molecule has 3 heteroatoms. The monoisotopic (exact) mass is 398 g/mol. The van der Waals surface area contributed by atoms with Gasteiger partial charge in [-0.05, 0) is 56.0 Å². The Bertz CT molecular complexity index is 703. The summed E-state index contributed by atoms with van der Waals surface area (Å²) in [5.41, 5.74) is 3.98. The summed E-state index contributed by atoms with van der Waals surface area (Å²) in [6.45, 7) is 11.8. The van der Waals surface area contributed by atoms with Crippen LogP contribution in [0, 0.1) is 0 Å². The highest BCUT2D eigenvalue weighted by Crippen LogP contribution is 2.30. The second-order valence-electron chi connectivity index (χ2n) is 7.66. The van der Waals surface area contributed by atoms with E-state index in [1.54, 1.807) is 0 Å². The Kier molecular flexibility index (Phi) is 9.24. The lowest BCUT2D eigenvalue weighted by Gasteiger charge is -2.40. The van der Waals surface area contributed by atoms with E-state index < -0.39 is 0 Å². The van der Waals surface area contributed by atoms with E-state index in [9.17, 15) is 0 Å². The largest absolute Gasteiger partial charge is 0.301 e. The van der Waals surface area contributed by atoms with Gasteiger partial charge in [-0.2, -0.15) is 0 Å². The standard InChI is InChI=1S/C24H31ClN2.CH4/c1-20(2)8-6-7-15-26-16-18-27(19-17-26)24(21-9-4-3-5-10-21)22-11-13-23(25)14-12-22;/h3-5,9-14,24H,1,6-8,15-19H2,2H3;1H4. The topological polar surface area (TPSA) is 6.48 Å². The summed E-state index contributed by atoms with van der Waals surface area (Å²) in [4.78, 5) is 5.22. The molecule has 0 aromatic heterocycles. The third-order valence-corrected chi connectivity index (χ3v) is 5.65. The average Bonchev–Trinajstić information content (AvgIpc) is 2.69. The zero-order valence-corrected chi connectivity index (χ0v) is 17.2. The fraction of sp³-hybridized carbons (Fsp3) is 0.440. The van der Waals surface area contributed by atoms with Crippen LogP contribution >= 0.6 is 11.6 Å². The molecule has 0 aliphatic carbocycles. The van der Waals surface area contributed by atoms with Crippen LogP contribution in [-0.4, -0.2) is 42.5 Å². The van der Waals surface area contributed by atoms with Gasteiger partial charge in [0.25, 0.3) is 0 Å². The molecular weight excluding hydrogens is 364 g/mol. The lowest BCUT2D eigenvalue weighted by molar-refractivity contribution is 0.108. The average molecular weight is 399 g/mol. The van der Waals surface area contributed by atoms with Crippen LogP contribution < -0.4 is 0 Å². The van der Waals surface area contributed by atoms with Gasteiger partial charge in [-0.25, -0.2) is 0 Å². The highest BCUT2D eigenvalue weighted by Gasteiger charge is 2.26. The molecule has 0 saturated carbocycles. The molecule has 1 fully saturated rings. The molecule has 152 valence electrons. The van der Waals surface area contributed by atoms with Gasteiger partial charge in [0, 0.05) is 31.2 Å². The SMILES string of the molecule is C.C=C(C)CCCCN1CCN(C(c2ccccc2)c2ccc(Cl)cc2)CC1. The zero-order chi connectivity index (χ0) is 19.1. The first-order valence-electron chi connectivity index (χ1n) is 10.0. The van der Waals surface area contributed by atoms with Gasteiger partial charge in [-0.1, -0.05) is 67.1 Å². The Morgan fingerprint density at radius 3 is 2.14 bits per heavy atom. The molecule has 3 rings (SSSR count). The molecule has 0 bridgehead atoms. The van der Waals surface area contributed by atoms with Crippen LogP contribution in [0.1, 0.15) is 50.8 Å². The molecule has 1 heterocycles. The predicted octanol–water partition coefficient (Wildman–Crippen LogP) is 6.43. The maximum Gasteiger partial charge on any atom is 0.0602 e. The molecule has 1 atom stereocenters. The van der Waals surface area contributed by atoms with Gasteiger partial charge < -0.3 is 4.90 Å². The van der Waals surface area contributed by atoms with Crippen molar-refractivity contribution in [2.24, 2.45) is 0 Å². The molecule has 0 amide bonds. The maximum atomic E-state index is 6.12. The van der Waals surface area contributed by atoms with Gasteiger partial charge in [0.1, 0.15) is 0 Å². The van der Waals surface area contributed by atoms with Crippen molar-refractivity contribution in [2.75, 3.05) is 32.7 Å². The molecule has 0 radical (unpaired) electrons. The van der Waals surface area contributed by atoms with Crippen molar-refractivity contribution < 1.29 is 0 Å². The van der Waals surface area contributed by atoms with Gasteiger partial charge in [0.15, 0.2) is 0 Å². The van der Waals surface area contributed by atoms with E-state index in [1.165, 1.54) is 36.1 Å². The second kappa shape index (κ2) is 11.4. The number of benzene rings is 2. The van der Waals surface area contributed by atoms with E-state index in [4.69, 9.17) is 11.6 Å². The smallest absolute Gasteiger partial charge is 0.0602 e. The predicted molar refractivity (Wildman–Crippen MR) is 123 cm³/mol. The molecule has 2 nitrogen and oxygen atoms in total. The van der Waals surface area contributed by atoms with Gasteiger partial charge in [0.2, 0.25) is 0 Å². The molecule has 28 heavy (non-hydrogen) atoms. The first kappa shape index (κ1) is 22.7. The molecule has 2 aromatic rings. The van der Waals surface area contributed by atoms with Crippen molar-refractivity contribution >= 4 is 11.6 Å². The van der Waals surface area contributed by atoms with Crippen LogP contribution in [0.5, 0.6) is 0 Å². The molecule has 0 N–H and O–H groups in total. The summed E-state index contributed by atoms with van der Waals surface area (Å²) >= 11 is 6.12. The van der Waals surface area contributed by atoms with Crippen LogP contribution in [-0.2, 0) is 0 Å². The summed E-state index contributed by atoms with van der Waals surface area (Å²) < 4.78 is 0. The number of allylic oxidation sites excluding steroid dienone is 1. The Balaban J connectivity index is 0.00000280. The van der Waals surface area contributed by atoms with Crippen LogP contribution in [0.3, 0.4) is 0 Å². The summed E-state index contributed by atoms with van der Waals surface area (Å²) in [5, 5.41) is 0.796. The van der Waals surface area contributed by atoms with Crippen molar-refractivity contribution in [3.05, 3.63) is 82.9 Å².